The van der Waals surface area contributed by atoms with E-state index in [1.165, 1.54) is 32.1 Å². The molecule has 2 rings (SSSR count). The van der Waals surface area contributed by atoms with Crippen LogP contribution < -0.4 is 51.4 Å². The van der Waals surface area contributed by atoms with Gasteiger partial charge in [-0.15, -0.1) is 0 Å². The van der Waals surface area contributed by atoms with Crippen molar-refractivity contribution in [1.82, 2.24) is 0 Å². The molecule has 1 aromatic carbocycles. The van der Waals surface area contributed by atoms with Crippen molar-refractivity contribution in [2.75, 3.05) is 0 Å². The molecule has 1 fully saturated rings. The Morgan fingerprint density at radius 3 is 2.36 bits per heavy atom. The summed E-state index contributed by atoms with van der Waals surface area (Å²) in [5, 5.41) is 9.66. The number of phenolic OH excluding ortho intramolecular Hbond substituents is 1. The predicted octanol–water partition coefficient (Wildman–Crippen LogP) is 0.556. The molecule has 2 heteroatoms. The number of para-hydroxylation sites is 1. The fourth-order valence-electron chi connectivity index (χ4n) is 2.25. The topological polar surface area (TPSA) is 20.2 Å². The monoisotopic (exact) mass is 216 g/mol. The van der Waals surface area contributed by atoms with E-state index in [2.05, 4.69) is 6.07 Å². The summed E-state index contributed by atoms with van der Waals surface area (Å²) in [4.78, 5) is 0. The van der Waals surface area contributed by atoms with Gasteiger partial charge in [0.05, 0.1) is 0 Å². The third kappa shape index (κ3) is 3.07. The molecule has 0 amide bonds. The van der Waals surface area contributed by atoms with Crippen molar-refractivity contribution in [3.63, 3.8) is 0 Å². The molecule has 0 saturated heterocycles. The molecule has 1 saturated carbocycles. The maximum atomic E-state index is 9.66. The van der Waals surface area contributed by atoms with Gasteiger partial charge in [0.2, 0.25) is 0 Å². The second-order valence-corrected chi connectivity index (χ2v) is 3.89. The third-order valence-electron chi connectivity index (χ3n) is 2.98. The minimum absolute atomic E-state index is 0. The van der Waals surface area contributed by atoms with Crippen LogP contribution in [0.15, 0.2) is 24.3 Å². The third-order valence-corrected chi connectivity index (χ3v) is 2.98. The van der Waals surface area contributed by atoms with Gasteiger partial charge < -0.3 is 6.53 Å². The van der Waals surface area contributed by atoms with Crippen LogP contribution in [0.25, 0.3) is 0 Å². The quantitative estimate of drug-likeness (QED) is 0.680. The van der Waals surface area contributed by atoms with Crippen LogP contribution in [-0.2, 0) is 0 Å². The Morgan fingerprint density at radius 1 is 1.07 bits per heavy atom. The van der Waals surface area contributed by atoms with Crippen molar-refractivity contribution in [3.8, 4) is 5.75 Å². The first-order chi connectivity index (χ1) is 6.38. The molecule has 0 aliphatic heterocycles. The Bertz CT molecular complexity index is 285. The molecule has 1 nitrogen and oxygen atoms in total. The SMILES string of the molecule is Oc1ccccc1C1CCCCC1.[H-].[K+]. The molecule has 1 aliphatic rings. The van der Waals surface area contributed by atoms with Crippen LogP contribution in [0, 0.1) is 0 Å². The average molecular weight is 216 g/mol. The van der Waals surface area contributed by atoms with Gasteiger partial charge in [-0.05, 0) is 30.4 Å². The normalized spacial score (nSPS) is 17.4. The van der Waals surface area contributed by atoms with E-state index >= 15 is 0 Å². The Morgan fingerprint density at radius 2 is 1.71 bits per heavy atom. The zero-order valence-corrected chi connectivity index (χ0v) is 12.0. The number of benzene rings is 1. The van der Waals surface area contributed by atoms with Crippen molar-refractivity contribution in [1.29, 1.82) is 0 Å². The molecule has 1 N–H and O–H groups in total. The van der Waals surface area contributed by atoms with Gasteiger partial charge in [-0.3, -0.25) is 0 Å². The molecule has 0 heterocycles. The molecular formula is C12H17KO. The molecule has 0 atom stereocenters. The van der Waals surface area contributed by atoms with Crippen molar-refractivity contribution >= 4 is 0 Å². The molecule has 1 aromatic rings. The van der Waals surface area contributed by atoms with Gasteiger partial charge in [-0.2, -0.15) is 0 Å². The minimum atomic E-state index is 0. The zero-order chi connectivity index (χ0) is 9.10. The summed E-state index contributed by atoms with van der Waals surface area (Å²) in [5.74, 6) is 1.09. The van der Waals surface area contributed by atoms with E-state index in [0.29, 0.717) is 11.7 Å². The first kappa shape index (κ1) is 12.7. The Hall–Kier alpha value is 0.656. The van der Waals surface area contributed by atoms with Crippen molar-refractivity contribution in [2.24, 2.45) is 0 Å². The van der Waals surface area contributed by atoms with Gasteiger partial charge in [0.15, 0.2) is 0 Å². The van der Waals surface area contributed by atoms with Crippen LogP contribution in [0.3, 0.4) is 0 Å². The fourth-order valence-corrected chi connectivity index (χ4v) is 2.25. The number of aromatic hydroxyl groups is 1. The van der Waals surface area contributed by atoms with E-state index in [4.69, 9.17) is 0 Å². The van der Waals surface area contributed by atoms with Gasteiger partial charge in [0, 0.05) is 0 Å². The van der Waals surface area contributed by atoms with Crippen LogP contribution >= 0.6 is 0 Å². The summed E-state index contributed by atoms with van der Waals surface area (Å²) in [6, 6.07) is 7.76. The van der Waals surface area contributed by atoms with Crippen LogP contribution in [0.5, 0.6) is 5.75 Å². The van der Waals surface area contributed by atoms with E-state index in [1.54, 1.807) is 6.07 Å². The van der Waals surface area contributed by atoms with Crippen LogP contribution in [0.1, 0.15) is 45.0 Å². The zero-order valence-electron chi connectivity index (χ0n) is 9.87. The van der Waals surface area contributed by atoms with E-state index in [1.807, 2.05) is 12.1 Å². The van der Waals surface area contributed by atoms with Crippen molar-refractivity contribution in [3.05, 3.63) is 29.8 Å². The first-order valence-corrected chi connectivity index (χ1v) is 5.16. The summed E-state index contributed by atoms with van der Waals surface area (Å²) < 4.78 is 0. The van der Waals surface area contributed by atoms with Crippen LogP contribution in [0.2, 0.25) is 0 Å². The molecule has 0 spiro atoms. The van der Waals surface area contributed by atoms with Gasteiger partial charge in [-0.25, -0.2) is 0 Å². The number of rotatable bonds is 1. The Labute approximate surface area is 130 Å². The van der Waals surface area contributed by atoms with Crippen molar-refractivity contribution < 1.29 is 57.9 Å². The maximum absolute atomic E-state index is 9.66. The maximum Gasteiger partial charge on any atom is 1.00 e. The summed E-state index contributed by atoms with van der Waals surface area (Å²) in [5.41, 5.74) is 1.15. The molecule has 0 bridgehead atoms. The molecule has 0 unspecified atom stereocenters. The number of hydrogen-bond acceptors (Lipinski definition) is 1. The van der Waals surface area contributed by atoms with Gasteiger partial charge in [0.1, 0.15) is 5.75 Å². The molecule has 0 aromatic heterocycles. The minimum Gasteiger partial charge on any atom is -1.00 e. The molecule has 0 radical (unpaired) electrons. The summed E-state index contributed by atoms with van der Waals surface area (Å²) in [6.45, 7) is 0. The second kappa shape index (κ2) is 6.28. The van der Waals surface area contributed by atoms with E-state index in [0.717, 1.165) is 5.56 Å². The first-order valence-electron chi connectivity index (χ1n) is 5.16. The number of phenols is 1. The van der Waals surface area contributed by atoms with Gasteiger partial charge in [0.25, 0.3) is 0 Å². The summed E-state index contributed by atoms with van der Waals surface area (Å²) >= 11 is 0. The van der Waals surface area contributed by atoms with Gasteiger partial charge >= 0.3 is 51.4 Å². The Kier molecular flexibility index (Phi) is 5.71. The average Bonchev–Trinajstić information content (AvgIpc) is 2.20. The number of hydrogen-bond donors (Lipinski definition) is 1. The molecule has 1 aliphatic carbocycles. The van der Waals surface area contributed by atoms with Crippen LogP contribution in [0.4, 0.5) is 0 Å². The van der Waals surface area contributed by atoms with E-state index in [9.17, 15) is 5.11 Å². The van der Waals surface area contributed by atoms with Crippen molar-refractivity contribution in [2.45, 2.75) is 38.0 Å². The smallest absolute Gasteiger partial charge is 1.00 e. The largest absolute Gasteiger partial charge is 1.00 e. The Balaban J connectivity index is 0.000000980. The fraction of sp³-hybridized carbons (Fsp3) is 0.500. The predicted molar refractivity (Wildman–Crippen MR) is 55.0 cm³/mol. The second-order valence-electron chi connectivity index (χ2n) is 3.89. The van der Waals surface area contributed by atoms with Crippen LogP contribution in [-0.4, -0.2) is 5.11 Å². The molecule has 14 heavy (non-hydrogen) atoms. The van der Waals surface area contributed by atoms with E-state index < -0.39 is 0 Å². The summed E-state index contributed by atoms with van der Waals surface area (Å²) in [7, 11) is 0. The molecule has 72 valence electrons. The van der Waals surface area contributed by atoms with Gasteiger partial charge in [-0.1, -0.05) is 37.5 Å². The van der Waals surface area contributed by atoms with E-state index in [-0.39, 0.29) is 52.8 Å². The summed E-state index contributed by atoms with van der Waals surface area (Å²) in [6.07, 6.45) is 6.50. The standard InChI is InChI=1S/C12H16O.K.H/c13-12-9-5-4-8-11(12)10-6-2-1-3-7-10;;/h4-5,8-10,13H,1-3,6-7H2;;/q;+1;-1. The molecular weight excluding hydrogens is 199 g/mol.